The minimum atomic E-state index is -2.39. The van der Waals surface area contributed by atoms with E-state index in [0.29, 0.717) is 6.42 Å². The van der Waals surface area contributed by atoms with Crippen molar-refractivity contribution in [1.29, 1.82) is 0 Å². The van der Waals surface area contributed by atoms with Crippen LogP contribution in [-0.2, 0) is 18.4 Å². The molecule has 1 aliphatic heterocycles. The SMILES string of the molecule is CCCCCCCC[C@@H]1O[Si](C(C)(C)C)(C(C)(C)C)O[C@H]1CCCCCCCC(=O)OC. The standard InChI is InChI=1S/C27H54O4Si/c1-9-10-11-12-14-17-20-23-24(21-18-15-13-16-19-22-25(28)29-8)31-32(30-23,26(2,3)4)27(5,6)7/h23-24H,9-22H2,1-8H3/t23-,24-/m0/s1. The highest BCUT2D eigenvalue weighted by Gasteiger charge is 2.64. The van der Waals surface area contributed by atoms with E-state index in [0.717, 1.165) is 25.7 Å². The first kappa shape index (κ1) is 29.6. The fourth-order valence-corrected chi connectivity index (χ4v) is 10.4. The Morgan fingerprint density at radius 1 is 0.719 bits per heavy atom. The van der Waals surface area contributed by atoms with Gasteiger partial charge in [-0.15, -0.1) is 0 Å². The Kier molecular flexibility index (Phi) is 13.1. The van der Waals surface area contributed by atoms with Gasteiger partial charge in [0.2, 0.25) is 0 Å². The van der Waals surface area contributed by atoms with Gasteiger partial charge in [-0.25, -0.2) is 0 Å². The van der Waals surface area contributed by atoms with Crippen LogP contribution in [0.5, 0.6) is 0 Å². The Hall–Kier alpha value is -0.393. The molecule has 1 saturated heterocycles. The van der Waals surface area contributed by atoms with Gasteiger partial charge in [-0.05, 0) is 19.3 Å². The predicted octanol–water partition coefficient (Wildman–Crippen LogP) is 8.47. The van der Waals surface area contributed by atoms with Crippen molar-refractivity contribution in [1.82, 2.24) is 0 Å². The molecule has 0 aromatic rings. The van der Waals surface area contributed by atoms with Gasteiger partial charge < -0.3 is 13.6 Å². The molecule has 5 heteroatoms. The van der Waals surface area contributed by atoms with Crippen LogP contribution < -0.4 is 0 Å². The minimum Gasteiger partial charge on any atom is -0.469 e. The number of hydrogen-bond donors (Lipinski definition) is 0. The van der Waals surface area contributed by atoms with Crippen molar-refractivity contribution in [2.24, 2.45) is 0 Å². The lowest BCUT2D eigenvalue weighted by molar-refractivity contribution is -0.140. The largest absolute Gasteiger partial charge is 0.469 e. The van der Waals surface area contributed by atoms with Crippen LogP contribution in [0.1, 0.15) is 138 Å². The summed E-state index contributed by atoms with van der Waals surface area (Å²) in [7, 11) is -0.928. The first-order valence-corrected chi connectivity index (χ1v) is 15.2. The van der Waals surface area contributed by atoms with Gasteiger partial charge in [-0.3, -0.25) is 4.79 Å². The maximum atomic E-state index is 11.2. The number of hydrogen-bond acceptors (Lipinski definition) is 4. The number of carbonyl (C=O) groups excluding carboxylic acids is 1. The zero-order chi connectivity index (χ0) is 24.3. The molecule has 4 nitrogen and oxygen atoms in total. The van der Waals surface area contributed by atoms with Crippen molar-refractivity contribution in [3.05, 3.63) is 0 Å². The fraction of sp³-hybridized carbons (Fsp3) is 0.963. The maximum Gasteiger partial charge on any atom is 0.349 e. The van der Waals surface area contributed by atoms with Crippen LogP contribution in [0.4, 0.5) is 0 Å². The molecule has 0 aromatic heterocycles. The molecule has 1 aliphatic rings. The number of ether oxygens (including phenoxy) is 1. The number of carbonyl (C=O) groups is 1. The molecule has 2 atom stereocenters. The second-order valence-electron chi connectivity index (χ2n) is 11.9. The average Bonchev–Trinajstić information content (AvgIpc) is 3.09. The van der Waals surface area contributed by atoms with Gasteiger partial charge in [0.05, 0.1) is 19.3 Å². The summed E-state index contributed by atoms with van der Waals surface area (Å²) in [5.41, 5.74) is 0. The molecule has 1 rings (SSSR count). The average molecular weight is 471 g/mol. The highest BCUT2D eigenvalue weighted by atomic mass is 28.4. The van der Waals surface area contributed by atoms with E-state index in [1.165, 1.54) is 64.9 Å². The third-order valence-corrected chi connectivity index (χ3v) is 12.2. The summed E-state index contributed by atoms with van der Waals surface area (Å²) < 4.78 is 18.8. The van der Waals surface area contributed by atoms with Crippen molar-refractivity contribution >= 4 is 14.5 Å². The van der Waals surface area contributed by atoms with Crippen molar-refractivity contribution in [3.8, 4) is 0 Å². The lowest BCUT2D eigenvalue weighted by Crippen LogP contribution is -2.54. The summed E-state index contributed by atoms with van der Waals surface area (Å²) in [6.45, 7) is 16.2. The summed E-state index contributed by atoms with van der Waals surface area (Å²) in [5.74, 6) is -0.0929. The summed E-state index contributed by atoms with van der Waals surface area (Å²) in [6, 6.07) is 0. The Balaban J connectivity index is 2.62. The van der Waals surface area contributed by atoms with E-state index >= 15 is 0 Å². The summed E-state index contributed by atoms with van der Waals surface area (Å²) in [4.78, 5) is 11.2. The fourth-order valence-electron chi connectivity index (χ4n) is 5.30. The molecular formula is C27H54O4Si. The Labute approximate surface area is 200 Å². The third-order valence-electron chi connectivity index (χ3n) is 6.96. The van der Waals surface area contributed by atoms with E-state index in [1.807, 2.05) is 0 Å². The highest BCUT2D eigenvalue weighted by Crippen LogP contribution is 2.56. The highest BCUT2D eigenvalue weighted by molar-refractivity contribution is 6.74. The molecular weight excluding hydrogens is 416 g/mol. The lowest BCUT2D eigenvalue weighted by Gasteiger charge is -2.45. The number of unbranched alkanes of at least 4 members (excludes halogenated alkanes) is 9. The molecule has 0 bridgehead atoms. The van der Waals surface area contributed by atoms with Crippen molar-refractivity contribution in [2.75, 3.05) is 7.11 Å². The molecule has 190 valence electrons. The number of methoxy groups -OCH3 is 1. The third kappa shape index (κ3) is 9.10. The molecule has 0 radical (unpaired) electrons. The topological polar surface area (TPSA) is 44.8 Å². The number of rotatable bonds is 15. The second kappa shape index (κ2) is 14.1. The first-order chi connectivity index (χ1) is 15.0. The van der Waals surface area contributed by atoms with Crippen LogP contribution in [-0.4, -0.2) is 33.8 Å². The van der Waals surface area contributed by atoms with Crippen LogP contribution in [0.25, 0.3) is 0 Å². The van der Waals surface area contributed by atoms with E-state index in [9.17, 15) is 4.79 Å². The normalized spacial score (nSPS) is 21.1. The molecule has 0 spiro atoms. The van der Waals surface area contributed by atoms with Gasteiger partial charge in [-0.1, -0.05) is 113 Å². The molecule has 0 N–H and O–H groups in total. The number of esters is 1. The zero-order valence-corrected chi connectivity index (χ0v) is 23.7. The van der Waals surface area contributed by atoms with Crippen molar-refractivity contribution < 1.29 is 18.4 Å². The van der Waals surface area contributed by atoms with E-state index < -0.39 is 8.56 Å². The molecule has 32 heavy (non-hydrogen) atoms. The minimum absolute atomic E-state index is 0.0489. The second-order valence-corrected chi connectivity index (χ2v) is 16.6. The van der Waals surface area contributed by atoms with E-state index in [2.05, 4.69) is 48.5 Å². The quantitative estimate of drug-likeness (QED) is 0.137. The van der Waals surface area contributed by atoms with Crippen molar-refractivity contribution in [2.45, 2.75) is 161 Å². The lowest BCUT2D eigenvalue weighted by atomic mass is 9.99. The van der Waals surface area contributed by atoms with Gasteiger partial charge in [0.1, 0.15) is 0 Å². The Bertz CT molecular complexity index is 507. The molecule has 0 amide bonds. The van der Waals surface area contributed by atoms with Gasteiger partial charge in [0.15, 0.2) is 0 Å². The molecule has 0 unspecified atom stereocenters. The first-order valence-electron chi connectivity index (χ1n) is 13.4. The van der Waals surface area contributed by atoms with Gasteiger partial charge in [0, 0.05) is 16.5 Å². The summed E-state index contributed by atoms with van der Waals surface area (Å²) in [5, 5.41) is 0.0977. The summed E-state index contributed by atoms with van der Waals surface area (Å²) >= 11 is 0. The summed E-state index contributed by atoms with van der Waals surface area (Å²) in [6.07, 6.45) is 16.8. The Morgan fingerprint density at radius 3 is 1.53 bits per heavy atom. The Morgan fingerprint density at radius 2 is 1.12 bits per heavy atom. The van der Waals surface area contributed by atoms with E-state index in [1.54, 1.807) is 0 Å². The van der Waals surface area contributed by atoms with Crippen molar-refractivity contribution in [3.63, 3.8) is 0 Å². The zero-order valence-electron chi connectivity index (χ0n) is 22.7. The van der Waals surface area contributed by atoms with E-state index in [-0.39, 0.29) is 28.3 Å². The van der Waals surface area contributed by atoms with Crippen LogP contribution >= 0.6 is 0 Å². The maximum absolute atomic E-state index is 11.2. The predicted molar refractivity (Wildman–Crippen MR) is 137 cm³/mol. The molecule has 1 fully saturated rings. The van der Waals surface area contributed by atoms with Crippen LogP contribution in [0.3, 0.4) is 0 Å². The van der Waals surface area contributed by atoms with E-state index in [4.69, 9.17) is 13.6 Å². The smallest absolute Gasteiger partial charge is 0.349 e. The molecule has 0 aliphatic carbocycles. The van der Waals surface area contributed by atoms with Gasteiger partial charge >= 0.3 is 14.5 Å². The van der Waals surface area contributed by atoms with Crippen LogP contribution in [0.15, 0.2) is 0 Å². The van der Waals surface area contributed by atoms with Gasteiger partial charge in [0.25, 0.3) is 0 Å². The molecule has 0 saturated carbocycles. The van der Waals surface area contributed by atoms with Gasteiger partial charge in [-0.2, -0.15) is 0 Å². The van der Waals surface area contributed by atoms with Crippen LogP contribution in [0.2, 0.25) is 10.1 Å². The van der Waals surface area contributed by atoms with Crippen LogP contribution in [0, 0.1) is 0 Å². The monoisotopic (exact) mass is 470 g/mol. The molecule has 0 aromatic carbocycles. The molecule has 1 heterocycles.